The second-order valence-electron chi connectivity index (χ2n) is 10.7. The van der Waals surface area contributed by atoms with Gasteiger partial charge in [0, 0.05) is 26.5 Å². The minimum Gasteiger partial charge on any atom is -0.307 e. The number of rotatable bonds is 4. The maximum atomic E-state index is 3.71. The number of hydrogen-bond acceptors (Lipinski definition) is 1. The Labute approximate surface area is 252 Å². The molecule has 0 saturated carbocycles. The summed E-state index contributed by atoms with van der Waals surface area (Å²) in [6.45, 7) is 11.9. The summed E-state index contributed by atoms with van der Waals surface area (Å²) in [5.74, 6) is 0. The molecule has 7 rings (SSSR count). The van der Waals surface area contributed by atoms with Crippen molar-refractivity contribution >= 4 is 69.7 Å². The molecular weight excluding hydrogens is 527 g/mol. The number of fused-ring (bicyclic) bond motifs is 10. The molecule has 0 fully saturated rings. The fourth-order valence-corrected chi connectivity index (χ4v) is 7.00. The van der Waals surface area contributed by atoms with Gasteiger partial charge < -0.3 is 4.57 Å². The maximum absolute atomic E-state index is 3.71. The summed E-state index contributed by atoms with van der Waals surface area (Å²) in [4.78, 5) is 0. The van der Waals surface area contributed by atoms with Crippen LogP contribution in [0.4, 0.5) is 0 Å². The molecule has 0 N–H and O–H groups in total. The Morgan fingerprint density at radius 1 is 0.667 bits per heavy atom. The first kappa shape index (κ1) is 27.5. The monoisotopic (exact) mass is 561 g/mol. The highest BCUT2D eigenvalue weighted by molar-refractivity contribution is 7.26. The van der Waals surface area contributed by atoms with Gasteiger partial charge in [-0.1, -0.05) is 121 Å². The molecule has 0 aliphatic carbocycles. The molecule has 2 aromatic heterocycles. The number of allylic oxidation sites excluding steroid dienone is 7. The van der Waals surface area contributed by atoms with E-state index in [1.807, 2.05) is 49.5 Å². The van der Waals surface area contributed by atoms with Gasteiger partial charge in [-0.15, -0.1) is 11.3 Å². The summed E-state index contributed by atoms with van der Waals surface area (Å²) in [7, 11) is 0. The van der Waals surface area contributed by atoms with E-state index in [0.29, 0.717) is 0 Å². The van der Waals surface area contributed by atoms with Gasteiger partial charge in [-0.3, -0.25) is 0 Å². The van der Waals surface area contributed by atoms with E-state index in [2.05, 4.69) is 128 Å². The van der Waals surface area contributed by atoms with Gasteiger partial charge in [-0.05, 0) is 73.2 Å². The molecule has 0 spiro atoms. The average Bonchev–Trinajstić information content (AvgIpc) is 3.56. The zero-order chi connectivity index (χ0) is 29.2. The predicted octanol–water partition coefficient (Wildman–Crippen LogP) is 12.4. The van der Waals surface area contributed by atoms with Crippen molar-refractivity contribution in [1.29, 1.82) is 0 Å². The Morgan fingerprint density at radius 3 is 1.90 bits per heavy atom. The van der Waals surface area contributed by atoms with Crippen molar-refractivity contribution in [2.24, 2.45) is 0 Å². The molecule has 2 heteroatoms. The molecule has 5 aromatic carbocycles. The molecule has 0 atom stereocenters. The van der Waals surface area contributed by atoms with E-state index in [-0.39, 0.29) is 0 Å². The minimum absolute atomic E-state index is 1.09. The average molecular weight is 562 g/mol. The van der Waals surface area contributed by atoms with E-state index in [4.69, 9.17) is 0 Å². The zero-order valence-electron chi connectivity index (χ0n) is 24.7. The second-order valence-corrected chi connectivity index (χ2v) is 11.7. The molecule has 0 aliphatic rings. The van der Waals surface area contributed by atoms with Crippen LogP contribution in [-0.4, -0.2) is 4.57 Å². The van der Waals surface area contributed by atoms with Crippen molar-refractivity contribution in [3.8, 4) is 5.69 Å². The van der Waals surface area contributed by atoms with Gasteiger partial charge in [0.2, 0.25) is 0 Å². The van der Waals surface area contributed by atoms with Crippen molar-refractivity contribution < 1.29 is 0 Å². The van der Waals surface area contributed by atoms with Gasteiger partial charge in [-0.2, -0.15) is 0 Å². The molecule has 0 amide bonds. The molecular formula is C40H35NS. The van der Waals surface area contributed by atoms with Gasteiger partial charge >= 0.3 is 0 Å². The lowest BCUT2D eigenvalue weighted by molar-refractivity contribution is 1.19. The van der Waals surface area contributed by atoms with E-state index in [1.165, 1.54) is 69.6 Å². The standard InChI is InChI=1S/C32H23NS.C8H12/c1-3-20(2)21-16-18-22(19-17-21)33-30-26-13-7-5-11-24(26)23-10-4-6-12-25(23)29(30)32-31(33)27-14-8-9-15-28(27)34-32;1-4-5-6-7-8(2)3/h3-19H,1-2H3;4-7H,2H2,1,3H3/b20-3+;5-4-,7-6-. The topological polar surface area (TPSA) is 4.93 Å². The van der Waals surface area contributed by atoms with Gasteiger partial charge in [0.05, 0.1) is 15.7 Å². The number of nitrogens with zero attached hydrogens (tertiary/aromatic N) is 1. The molecule has 0 radical (unpaired) electrons. The second kappa shape index (κ2) is 11.7. The zero-order valence-corrected chi connectivity index (χ0v) is 25.5. The van der Waals surface area contributed by atoms with Crippen LogP contribution >= 0.6 is 11.3 Å². The van der Waals surface area contributed by atoms with E-state index in [1.54, 1.807) is 0 Å². The first-order valence-electron chi connectivity index (χ1n) is 14.5. The highest BCUT2D eigenvalue weighted by atomic mass is 32.1. The van der Waals surface area contributed by atoms with Crippen LogP contribution in [0.5, 0.6) is 0 Å². The van der Waals surface area contributed by atoms with Crippen molar-refractivity contribution in [2.45, 2.75) is 27.7 Å². The number of thiophene rings is 1. The fraction of sp³-hybridized carbons (Fsp3) is 0.100. The largest absolute Gasteiger partial charge is 0.307 e. The van der Waals surface area contributed by atoms with E-state index < -0.39 is 0 Å². The highest BCUT2D eigenvalue weighted by Gasteiger charge is 2.22. The normalized spacial score (nSPS) is 12.3. The molecule has 7 aromatic rings. The fourth-order valence-electron chi connectivity index (χ4n) is 5.75. The van der Waals surface area contributed by atoms with Crippen LogP contribution in [0, 0.1) is 0 Å². The van der Waals surface area contributed by atoms with E-state index >= 15 is 0 Å². The van der Waals surface area contributed by atoms with Crippen molar-refractivity contribution in [3.63, 3.8) is 0 Å². The third-order valence-electron chi connectivity index (χ3n) is 7.85. The van der Waals surface area contributed by atoms with Crippen molar-refractivity contribution in [2.75, 3.05) is 0 Å². The number of aromatic nitrogens is 1. The summed E-state index contributed by atoms with van der Waals surface area (Å²) < 4.78 is 5.21. The molecule has 0 aliphatic heterocycles. The molecule has 206 valence electrons. The van der Waals surface area contributed by atoms with Gasteiger partial charge in [0.25, 0.3) is 0 Å². The van der Waals surface area contributed by atoms with Crippen LogP contribution in [0.15, 0.2) is 140 Å². The minimum atomic E-state index is 1.09. The van der Waals surface area contributed by atoms with Crippen LogP contribution in [0.1, 0.15) is 33.3 Å². The molecule has 2 heterocycles. The van der Waals surface area contributed by atoms with Crippen molar-refractivity contribution in [1.82, 2.24) is 4.57 Å². The van der Waals surface area contributed by atoms with E-state index in [0.717, 1.165) is 5.57 Å². The molecule has 1 nitrogen and oxygen atoms in total. The summed E-state index contributed by atoms with van der Waals surface area (Å²) in [5.41, 5.74) is 7.47. The Kier molecular flexibility index (Phi) is 7.65. The molecule has 0 bridgehead atoms. The summed E-state index contributed by atoms with van der Waals surface area (Å²) in [6, 6.07) is 35.6. The van der Waals surface area contributed by atoms with Crippen LogP contribution in [0.2, 0.25) is 0 Å². The smallest absolute Gasteiger partial charge is 0.0728 e. The Hall–Kier alpha value is -4.66. The van der Waals surface area contributed by atoms with E-state index in [9.17, 15) is 0 Å². The van der Waals surface area contributed by atoms with Gasteiger partial charge in [-0.25, -0.2) is 0 Å². The Balaban J connectivity index is 0.000000350. The number of benzene rings is 5. The van der Waals surface area contributed by atoms with Crippen LogP contribution in [0.25, 0.3) is 64.0 Å². The lowest BCUT2D eigenvalue weighted by Gasteiger charge is -2.13. The first-order valence-corrected chi connectivity index (χ1v) is 15.3. The van der Waals surface area contributed by atoms with Crippen molar-refractivity contribution in [3.05, 3.63) is 145 Å². The first-order chi connectivity index (χ1) is 20.5. The molecule has 0 saturated heterocycles. The predicted molar refractivity (Wildman–Crippen MR) is 189 cm³/mol. The quantitative estimate of drug-likeness (QED) is 0.149. The molecule has 0 unspecified atom stereocenters. The van der Waals surface area contributed by atoms with Gasteiger partial charge in [0.1, 0.15) is 0 Å². The summed E-state index contributed by atoms with van der Waals surface area (Å²) in [5, 5.41) is 7.94. The Bertz CT molecular complexity index is 2180. The maximum Gasteiger partial charge on any atom is 0.0728 e. The third kappa shape index (κ3) is 4.78. The van der Waals surface area contributed by atoms with Crippen LogP contribution in [0.3, 0.4) is 0 Å². The SMILES string of the molecule is C/C=C(\C)c1ccc(-n2c3c4ccccc4sc3c3c4ccccc4c4ccccc4c32)cc1.C=C(C)/C=C\C=C/C. The molecule has 42 heavy (non-hydrogen) atoms. The highest BCUT2D eigenvalue weighted by Crippen LogP contribution is 2.47. The van der Waals surface area contributed by atoms with Crippen LogP contribution in [-0.2, 0) is 0 Å². The number of hydrogen-bond donors (Lipinski definition) is 0. The lowest BCUT2D eigenvalue weighted by Crippen LogP contribution is -1.95. The van der Waals surface area contributed by atoms with Crippen LogP contribution < -0.4 is 0 Å². The van der Waals surface area contributed by atoms with Gasteiger partial charge in [0.15, 0.2) is 0 Å². The summed E-state index contributed by atoms with van der Waals surface area (Å²) >= 11 is 1.91. The third-order valence-corrected chi connectivity index (χ3v) is 9.02. The summed E-state index contributed by atoms with van der Waals surface area (Å²) in [6.07, 6.45) is 10.1. The lowest BCUT2D eigenvalue weighted by atomic mass is 9.98. The Morgan fingerprint density at radius 2 is 1.26 bits per heavy atom.